The first-order valence-electron chi connectivity index (χ1n) is 8.34. The maximum atomic E-state index is 5.78. The molecule has 1 unspecified atom stereocenters. The third-order valence-corrected chi connectivity index (χ3v) is 4.55. The Balaban J connectivity index is 2.20. The van der Waals surface area contributed by atoms with Crippen LogP contribution in [0.25, 0.3) is 0 Å². The van der Waals surface area contributed by atoms with E-state index in [9.17, 15) is 0 Å². The van der Waals surface area contributed by atoms with Crippen molar-refractivity contribution in [3.63, 3.8) is 0 Å². The van der Waals surface area contributed by atoms with E-state index in [0.29, 0.717) is 6.04 Å². The maximum absolute atomic E-state index is 5.78. The summed E-state index contributed by atoms with van der Waals surface area (Å²) in [6.07, 6.45) is 18.1. The number of hydrogen-bond donors (Lipinski definition) is 2. The molecule has 1 rings (SSSR count). The molecule has 2 nitrogen and oxygen atoms in total. The summed E-state index contributed by atoms with van der Waals surface area (Å²) in [6, 6.07) is 0.574. The Labute approximate surface area is 114 Å². The highest BCUT2D eigenvalue weighted by atomic mass is 15.2. The summed E-state index contributed by atoms with van der Waals surface area (Å²) in [5.41, 5.74) is 3.11. The Morgan fingerprint density at radius 3 is 2.17 bits per heavy atom. The molecule has 0 aromatic carbocycles. The summed E-state index contributed by atoms with van der Waals surface area (Å²) >= 11 is 0. The molecule has 108 valence electrons. The van der Waals surface area contributed by atoms with Gasteiger partial charge in [0.1, 0.15) is 0 Å². The second-order valence-corrected chi connectivity index (χ2v) is 6.08. The van der Waals surface area contributed by atoms with E-state index in [-0.39, 0.29) is 0 Å². The van der Waals surface area contributed by atoms with Gasteiger partial charge in [-0.2, -0.15) is 0 Å². The van der Waals surface area contributed by atoms with Crippen LogP contribution < -0.4 is 11.3 Å². The van der Waals surface area contributed by atoms with E-state index < -0.39 is 0 Å². The van der Waals surface area contributed by atoms with E-state index in [0.717, 1.165) is 5.92 Å². The van der Waals surface area contributed by atoms with E-state index >= 15 is 0 Å². The molecule has 0 heterocycles. The Morgan fingerprint density at radius 2 is 1.56 bits per heavy atom. The highest BCUT2D eigenvalue weighted by Gasteiger charge is 2.20. The molecule has 2 heteroatoms. The second-order valence-electron chi connectivity index (χ2n) is 6.08. The van der Waals surface area contributed by atoms with Gasteiger partial charge in [0.2, 0.25) is 0 Å². The van der Waals surface area contributed by atoms with Crippen LogP contribution in [-0.4, -0.2) is 6.04 Å². The van der Waals surface area contributed by atoms with Crippen LogP contribution in [0.5, 0.6) is 0 Å². The summed E-state index contributed by atoms with van der Waals surface area (Å²) < 4.78 is 0. The molecule has 1 atom stereocenters. The summed E-state index contributed by atoms with van der Waals surface area (Å²) in [7, 11) is 0. The fraction of sp³-hybridized carbons (Fsp3) is 1.00. The van der Waals surface area contributed by atoms with E-state index in [1.54, 1.807) is 0 Å². The number of hydrazine groups is 1. The molecule has 1 saturated carbocycles. The molecule has 0 amide bonds. The fourth-order valence-corrected chi connectivity index (χ4v) is 3.31. The second kappa shape index (κ2) is 10.8. The van der Waals surface area contributed by atoms with Crippen LogP contribution in [-0.2, 0) is 0 Å². The zero-order valence-electron chi connectivity index (χ0n) is 12.4. The molecule has 0 spiro atoms. The molecule has 18 heavy (non-hydrogen) atoms. The Hall–Kier alpha value is -0.0800. The van der Waals surface area contributed by atoms with E-state index in [1.165, 1.54) is 83.5 Å². The first kappa shape index (κ1) is 16.0. The fourth-order valence-electron chi connectivity index (χ4n) is 3.31. The molecule has 0 radical (unpaired) electrons. The van der Waals surface area contributed by atoms with E-state index in [4.69, 9.17) is 5.84 Å². The summed E-state index contributed by atoms with van der Waals surface area (Å²) in [5, 5.41) is 0. The van der Waals surface area contributed by atoms with Gasteiger partial charge in [0.25, 0.3) is 0 Å². The number of hydrogen-bond acceptors (Lipinski definition) is 2. The molecule has 0 bridgehead atoms. The average Bonchev–Trinajstić information content (AvgIpc) is 2.35. The molecule has 0 saturated heterocycles. The van der Waals surface area contributed by atoms with Gasteiger partial charge < -0.3 is 0 Å². The minimum atomic E-state index is 0.574. The third kappa shape index (κ3) is 6.75. The van der Waals surface area contributed by atoms with Crippen LogP contribution in [0.2, 0.25) is 0 Å². The number of unbranched alkanes of at least 4 members (excludes halogenated alkanes) is 4. The smallest absolute Gasteiger partial charge is 0.0238 e. The van der Waals surface area contributed by atoms with Gasteiger partial charge in [-0.3, -0.25) is 11.3 Å². The maximum Gasteiger partial charge on any atom is 0.0238 e. The lowest BCUT2D eigenvalue weighted by molar-refractivity contribution is 0.270. The van der Waals surface area contributed by atoms with Gasteiger partial charge in [-0.25, -0.2) is 0 Å². The summed E-state index contributed by atoms with van der Waals surface area (Å²) in [6.45, 7) is 2.28. The quantitative estimate of drug-likeness (QED) is 0.379. The largest absolute Gasteiger partial charge is 0.271 e. The standard InChI is InChI=1S/C16H34N2/c1-2-3-4-6-11-14-16(18-17)15-12-9-7-5-8-10-13-15/h15-16,18H,2-14,17H2,1H3. The van der Waals surface area contributed by atoms with Crippen LogP contribution in [0.4, 0.5) is 0 Å². The van der Waals surface area contributed by atoms with Crippen molar-refractivity contribution in [1.29, 1.82) is 0 Å². The van der Waals surface area contributed by atoms with Crippen LogP contribution in [0.1, 0.15) is 90.4 Å². The van der Waals surface area contributed by atoms with Crippen LogP contribution >= 0.6 is 0 Å². The Morgan fingerprint density at radius 1 is 0.944 bits per heavy atom. The highest BCUT2D eigenvalue weighted by Crippen LogP contribution is 2.26. The van der Waals surface area contributed by atoms with Gasteiger partial charge in [-0.05, 0) is 25.2 Å². The minimum absolute atomic E-state index is 0.574. The molecular formula is C16H34N2. The molecule has 0 aliphatic heterocycles. The van der Waals surface area contributed by atoms with Crippen molar-refractivity contribution in [2.75, 3.05) is 0 Å². The van der Waals surface area contributed by atoms with Crippen LogP contribution in [0.15, 0.2) is 0 Å². The summed E-state index contributed by atoms with van der Waals surface area (Å²) in [4.78, 5) is 0. The van der Waals surface area contributed by atoms with Crippen LogP contribution in [0, 0.1) is 5.92 Å². The van der Waals surface area contributed by atoms with Crippen molar-refractivity contribution in [2.24, 2.45) is 11.8 Å². The number of nitrogens with two attached hydrogens (primary N) is 1. The zero-order chi connectivity index (χ0) is 13.1. The summed E-state index contributed by atoms with van der Waals surface area (Å²) in [5.74, 6) is 6.62. The monoisotopic (exact) mass is 254 g/mol. The third-order valence-electron chi connectivity index (χ3n) is 4.55. The van der Waals surface area contributed by atoms with Gasteiger partial charge in [-0.15, -0.1) is 0 Å². The first-order valence-corrected chi connectivity index (χ1v) is 8.34. The SMILES string of the molecule is CCCCCCCC(NN)C1CCCCCCC1. The van der Waals surface area contributed by atoms with Gasteiger partial charge >= 0.3 is 0 Å². The van der Waals surface area contributed by atoms with Crippen molar-refractivity contribution in [2.45, 2.75) is 96.4 Å². The molecule has 1 aliphatic rings. The normalized spacial score (nSPS) is 20.3. The van der Waals surface area contributed by atoms with Gasteiger partial charge in [0.05, 0.1) is 0 Å². The van der Waals surface area contributed by atoms with Crippen molar-refractivity contribution >= 4 is 0 Å². The lowest BCUT2D eigenvalue weighted by Gasteiger charge is -2.28. The average molecular weight is 254 g/mol. The van der Waals surface area contributed by atoms with Crippen LogP contribution in [0.3, 0.4) is 0 Å². The predicted octanol–water partition coefficient (Wildman–Crippen LogP) is 4.54. The first-order chi connectivity index (χ1) is 8.88. The Kier molecular flexibility index (Phi) is 9.59. The van der Waals surface area contributed by atoms with Crippen molar-refractivity contribution in [1.82, 2.24) is 5.43 Å². The van der Waals surface area contributed by atoms with Crippen molar-refractivity contribution < 1.29 is 0 Å². The molecule has 1 aliphatic carbocycles. The topological polar surface area (TPSA) is 38.0 Å². The van der Waals surface area contributed by atoms with E-state index in [1.807, 2.05) is 0 Å². The lowest BCUT2D eigenvalue weighted by Crippen LogP contribution is -2.41. The Bertz CT molecular complexity index is 174. The lowest BCUT2D eigenvalue weighted by atomic mass is 9.84. The number of rotatable bonds is 8. The molecule has 0 aromatic rings. The van der Waals surface area contributed by atoms with Gasteiger partial charge in [0, 0.05) is 6.04 Å². The molecular weight excluding hydrogens is 220 g/mol. The molecule has 0 aromatic heterocycles. The van der Waals surface area contributed by atoms with Gasteiger partial charge in [0.15, 0.2) is 0 Å². The number of nitrogens with one attached hydrogen (secondary N) is 1. The van der Waals surface area contributed by atoms with Gasteiger partial charge in [-0.1, -0.05) is 71.1 Å². The highest BCUT2D eigenvalue weighted by molar-refractivity contribution is 4.76. The molecule has 1 fully saturated rings. The van der Waals surface area contributed by atoms with E-state index in [2.05, 4.69) is 12.3 Å². The van der Waals surface area contributed by atoms with Crippen molar-refractivity contribution in [3.05, 3.63) is 0 Å². The predicted molar refractivity (Wildman–Crippen MR) is 80.3 cm³/mol. The minimum Gasteiger partial charge on any atom is -0.271 e. The van der Waals surface area contributed by atoms with Crippen molar-refractivity contribution in [3.8, 4) is 0 Å². The zero-order valence-corrected chi connectivity index (χ0v) is 12.4. The molecule has 3 N–H and O–H groups in total.